The van der Waals surface area contributed by atoms with E-state index in [0.717, 1.165) is 35.7 Å². The first-order chi connectivity index (χ1) is 13.7. The monoisotopic (exact) mass is 376 g/mol. The van der Waals surface area contributed by atoms with Crippen LogP contribution >= 0.6 is 0 Å². The Morgan fingerprint density at radius 2 is 1.68 bits per heavy atom. The predicted octanol–water partition coefficient (Wildman–Crippen LogP) is 3.05. The van der Waals surface area contributed by atoms with E-state index in [1.165, 1.54) is 0 Å². The molecule has 1 fully saturated rings. The van der Waals surface area contributed by atoms with Crippen LogP contribution in [0, 0.1) is 0 Å². The van der Waals surface area contributed by atoms with Crippen LogP contribution in [0.25, 0.3) is 0 Å². The minimum atomic E-state index is -0.192. The molecule has 6 heteroatoms. The van der Waals surface area contributed by atoms with Crippen molar-refractivity contribution in [3.63, 3.8) is 0 Å². The molecular formula is C22H24N4O2. The third-order valence-corrected chi connectivity index (χ3v) is 4.98. The molecule has 6 nitrogen and oxygen atoms in total. The van der Waals surface area contributed by atoms with E-state index >= 15 is 0 Å². The second-order valence-corrected chi connectivity index (χ2v) is 7.02. The van der Waals surface area contributed by atoms with Crippen molar-refractivity contribution >= 4 is 28.8 Å². The SMILES string of the molecule is CC1=Nc2ccccc2N=C(NC(=O)CN2CCOCC2)[C@@H]1c1ccccc1. The van der Waals surface area contributed by atoms with Gasteiger partial charge >= 0.3 is 0 Å². The number of hydrogen-bond donors (Lipinski definition) is 1. The summed E-state index contributed by atoms with van der Waals surface area (Å²) < 4.78 is 5.36. The van der Waals surface area contributed by atoms with E-state index < -0.39 is 0 Å². The lowest BCUT2D eigenvalue weighted by molar-refractivity contribution is -0.121. The molecule has 2 heterocycles. The van der Waals surface area contributed by atoms with Crippen LogP contribution in [0.4, 0.5) is 11.4 Å². The van der Waals surface area contributed by atoms with Crippen LogP contribution in [0.3, 0.4) is 0 Å². The summed E-state index contributed by atoms with van der Waals surface area (Å²) in [6.45, 7) is 5.20. The normalized spacial score (nSPS) is 19.8. The van der Waals surface area contributed by atoms with Gasteiger partial charge in [0, 0.05) is 18.8 Å². The molecule has 144 valence electrons. The van der Waals surface area contributed by atoms with Crippen LogP contribution in [0.2, 0.25) is 0 Å². The van der Waals surface area contributed by atoms with Gasteiger partial charge in [0.15, 0.2) is 0 Å². The molecule has 2 aromatic carbocycles. The van der Waals surface area contributed by atoms with Gasteiger partial charge in [-0.05, 0) is 24.6 Å². The number of amidine groups is 1. The fraction of sp³-hybridized carbons (Fsp3) is 0.318. The van der Waals surface area contributed by atoms with Crippen molar-refractivity contribution < 1.29 is 9.53 Å². The lowest BCUT2D eigenvalue weighted by Crippen LogP contribution is -2.46. The van der Waals surface area contributed by atoms with E-state index in [-0.39, 0.29) is 11.8 Å². The molecule has 4 rings (SSSR count). The van der Waals surface area contributed by atoms with Gasteiger partial charge in [-0.15, -0.1) is 0 Å². The molecule has 1 N–H and O–H groups in total. The number of ether oxygens (including phenoxy) is 1. The molecule has 0 spiro atoms. The third kappa shape index (κ3) is 4.18. The topological polar surface area (TPSA) is 66.3 Å². The molecular weight excluding hydrogens is 352 g/mol. The summed E-state index contributed by atoms with van der Waals surface area (Å²) in [5, 5.41) is 3.07. The fourth-order valence-electron chi connectivity index (χ4n) is 3.59. The van der Waals surface area contributed by atoms with Gasteiger partial charge in [-0.1, -0.05) is 42.5 Å². The molecule has 0 radical (unpaired) electrons. The highest BCUT2D eigenvalue weighted by molar-refractivity contribution is 6.17. The Bertz CT molecular complexity index is 902. The van der Waals surface area contributed by atoms with Gasteiger partial charge < -0.3 is 10.1 Å². The second-order valence-electron chi connectivity index (χ2n) is 7.02. The predicted molar refractivity (Wildman–Crippen MR) is 111 cm³/mol. The molecule has 2 aromatic rings. The number of nitrogens with zero attached hydrogens (tertiary/aromatic N) is 3. The van der Waals surface area contributed by atoms with Gasteiger partial charge in [-0.25, -0.2) is 4.99 Å². The number of benzene rings is 2. The van der Waals surface area contributed by atoms with Crippen molar-refractivity contribution in [1.82, 2.24) is 10.2 Å². The van der Waals surface area contributed by atoms with Crippen LogP contribution in [-0.4, -0.2) is 55.2 Å². The number of aliphatic imine (C=N–C) groups is 2. The van der Waals surface area contributed by atoms with E-state index in [1.807, 2.05) is 61.5 Å². The van der Waals surface area contributed by atoms with Crippen molar-refractivity contribution in [1.29, 1.82) is 0 Å². The Morgan fingerprint density at radius 3 is 2.39 bits per heavy atom. The maximum absolute atomic E-state index is 12.8. The molecule has 2 aliphatic rings. The molecule has 0 saturated carbocycles. The number of carbonyl (C=O) groups excluding carboxylic acids is 1. The Balaban J connectivity index is 1.65. The highest BCUT2D eigenvalue weighted by atomic mass is 16.5. The smallest absolute Gasteiger partial charge is 0.239 e. The maximum atomic E-state index is 12.8. The first-order valence-electron chi connectivity index (χ1n) is 9.58. The van der Waals surface area contributed by atoms with Crippen LogP contribution in [0.1, 0.15) is 18.4 Å². The van der Waals surface area contributed by atoms with E-state index in [1.54, 1.807) is 0 Å². The zero-order valence-corrected chi connectivity index (χ0v) is 16.0. The lowest BCUT2D eigenvalue weighted by atomic mass is 9.93. The van der Waals surface area contributed by atoms with Crippen LogP contribution < -0.4 is 5.32 Å². The highest BCUT2D eigenvalue weighted by Crippen LogP contribution is 2.34. The standard InChI is InChI=1S/C22H24N4O2/c1-16-21(17-7-3-2-4-8-17)22(24-19-10-6-5-9-18(19)23-16)25-20(27)15-26-11-13-28-14-12-26/h2-10,21H,11-15H2,1H3,(H,24,25,27)/t21-/m0/s1. The van der Waals surface area contributed by atoms with E-state index in [2.05, 4.69) is 10.2 Å². The largest absolute Gasteiger partial charge is 0.379 e. The molecule has 0 bridgehead atoms. The minimum absolute atomic E-state index is 0.0613. The van der Waals surface area contributed by atoms with Gasteiger partial charge in [-0.2, -0.15) is 0 Å². The molecule has 0 aliphatic carbocycles. The van der Waals surface area contributed by atoms with Gasteiger partial charge in [0.25, 0.3) is 0 Å². The summed E-state index contributed by atoms with van der Waals surface area (Å²) in [6, 6.07) is 17.8. The molecule has 2 aliphatic heterocycles. The quantitative estimate of drug-likeness (QED) is 0.895. The third-order valence-electron chi connectivity index (χ3n) is 4.98. The summed E-state index contributed by atoms with van der Waals surface area (Å²) in [4.78, 5) is 24.5. The van der Waals surface area contributed by atoms with Gasteiger partial charge in [0.2, 0.25) is 5.91 Å². The summed E-state index contributed by atoms with van der Waals surface area (Å²) in [7, 11) is 0. The number of nitrogens with one attached hydrogen (secondary N) is 1. The molecule has 1 atom stereocenters. The lowest BCUT2D eigenvalue weighted by Gasteiger charge is -2.26. The molecule has 28 heavy (non-hydrogen) atoms. The molecule has 0 unspecified atom stereocenters. The van der Waals surface area contributed by atoms with Gasteiger partial charge in [-0.3, -0.25) is 14.7 Å². The summed E-state index contributed by atoms with van der Waals surface area (Å²) in [6.07, 6.45) is 0. The Hall–Kier alpha value is -2.83. The zero-order chi connectivity index (χ0) is 19.3. The van der Waals surface area contributed by atoms with E-state index in [4.69, 9.17) is 14.7 Å². The van der Waals surface area contributed by atoms with Crippen LogP contribution in [0.5, 0.6) is 0 Å². The van der Waals surface area contributed by atoms with Crippen molar-refractivity contribution in [3.8, 4) is 0 Å². The number of hydrogen-bond acceptors (Lipinski definition) is 5. The molecule has 0 aromatic heterocycles. The number of para-hydroxylation sites is 2. The average molecular weight is 376 g/mol. The maximum Gasteiger partial charge on any atom is 0.239 e. The number of rotatable bonds is 3. The van der Waals surface area contributed by atoms with Crippen molar-refractivity contribution in [2.45, 2.75) is 12.8 Å². The van der Waals surface area contributed by atoms with E-state index in [9.17, 15) is 4.79 Å². The van der Waals surface area contributed by atoms with Crippen molar-refractivity contribution in [3.05, 3.63) is 60.2 Å². The van der Waals surface area contributed by atoms with Crippen LogP contribution in [-0.2, 0) is 9.53 Å². The van der Waals surface area contributed by atoms with Crippen LogP contribution in [0.15, 0.2) is 64.6 Å². The summed E-state index contributed by atoms with van der Waals surface area (Å²) in [5.41, 5.74) is 3.55. The van der Waals surface area contributed by atoms with Crippen molar-refractivity contribution in [2.24, 2.45) is 9.98 Å². The van der Waals surface area contributed by atoms with Gasteiger partial charge in [0.1, 0.15) is 5.84 Å². The first kappa shape index (κ1) is 18.5. The van der Waals surface area contributed by atoms with Crippen molar-refractivity contribution in [2.75, 3.05) is 32.8 Å². The van der Waals surface area contributed by atoms with Gasteiger partial charge in [0.05, 0.1) is 37.1 Å². The molecule has 1 amide bonds. The number of fused-ring (bicyclic) bond motifs is 1. The average Bonchev–Trinajstić information content (AvgIpc) is 2.84. The fourth-order valence-corrected chi connectivity index (χ4v) is 3.59. The first-order valence-corrected chi connectivity index (χ1v) is 9.58. The number of carbonyl (C=O) groups is 1. The minimum Gasteiger partial charge on any atom is -0.379 e. The Morgan fingerprint density at radius 1 is 1.04 bits per heavy atom. The zero-order valence-electron chi connectivity index (χ0n) is 16.0. The summed E-state index contributed by atoms with van der Waals surface area (Å²) >= 11 is 0. The van der Waals surface area contributed by atoms with E-state index in [0.29, 0.717) is 25.6 Å². The summed E-state index contributed by atoms with van der Waals surface area (Å²) in [5.74, 6) is 0.367. The number of amides is 1. The molecule has 1 saturated heterocycles. The Kier molecular flexibility index (Phi) is 5.60. The second kappa shape index (κ2) is 8.46. The number of morpholine rings is 1. The highest BCUT2D eigenvalue weighted by Gasteiger charge is 2.27. The Labute approximate surface area is 165 Å².